The van der Waals surface area contributed by atoms with Crippen molar-refractivity contribution in [2.75, 3.05) is 13.2 Å². The van der Waals surface area contributed by atoms with Crippen LogP contribution < -0.4 is 5.73 Å². The van der Waals surface area contributed by atoms with E-state index in [0.717, 1.165) is 0 Å². The lowest BCUT2D eigenvalue weighted by atomic mass is 9.97. The van der Waals surface area contributed by atoms with E-state index in [1.54, 1.807) is 0 Å². The van der Waals surface area contributed by atoms with Crippen LogP contribution >= 0.6 is 0 Å². The van der Waals surface area contributed by atoms with Crippen molar-refractivity contribution < 1.29 is 14.6 Å². The summed E-state index contributed by atoms with van der Waals surface area (Å²) in [6, 6.07) is -0.510. The first-order chi connectivity index (χ1) is 5.20. The Morgan fingerprint density at radius 2 is 2.00 bits per heavy atom. The van der Waals surface area contributed by atoms with E-state index in [9.17, 15) is 4.39 Å². The quantitative estimate of drug-likeness (QED) is 0.503. The lowest BCUT2D eigenvalue weighted by Crippen LogP contribution is -2.30. The summed E-state index contributed by atoms with van der Waals surface area (Å²) >= 11 is 0. The van der Waals surface area contributed by atoms with Crippen LogP contribution in [0.4, 0.5) is 4.39 Å². The molecule has 1 rings (SSSR count). The van der Waals surface area contributed by atoms with Crippen LogP contribution in [-0.4, -0.2) is 35.6 Å². The molecule has 4 N–H and O–H groups in total. The molecule has 0 unspecified atom stereocenters. The highest BCUT2D eigenvalue weighted by molar-refractivity contribution is 4.92. The SMILES string of the molecule is N[C@@H]1C[C@H](CO)[C@@H](CO)[C@H]1F. The number of nitrogens with two attached hydrogens (primary N) is 1. The molecule has 0 radical (unpaired) electrons. The monoisotopic (exact) mass is 163 g/mol. The van der Waals surface area contributed by atoms with Crippen LogP contribution in [-0.2, 0) is 0 Å². The van der Waals surface area contributed by atoms with Gasteiger partial charge in [-0.15, -0.1) is 0 Å². The Morgan fingerprint density at radius 1 is 1.36 bits per heavy atom. The van der Waals surface area contributed by atoms with Gasteiger partial charge in [0.15, 0.2) is 0 Å². The molecule has 1 fully saturated rings. The van der Waals surface area contributed by atoms with Gasteiger partial charge < -0.3 is 15.9 Å². The van der Waals surface area contributed by atoms with Gasteiger partial charge in [-0.2, -0.15) is 0 Å². The number of aliphatic hydroxyl groups excluding tert-OH is 2. The minimum Gasteiger partial charge on any atom is -0.396 e. The fraction of sp³-hybridized carbons (Fsp3) is 1.00. The topological polar surface area (TPSA) is 66.5 Å². The van der Waals surface area contributed by atoms with Crippen molar-refractivity contribution in [1.82, 2.24) is 0 Å². The molecule has 4 atom stereocenters. The lowest BCUT2D eigenvalue weighted by Gasteiger charge is -2.15. The average Bonchev–Trinajstić information content (AvgIpc) is 2.28. The van der Waals surface area contributed by atoms with Gasteiger partial charge in [0.05, 0.1) is 0 Å². The molecule has 0 aliphatic heterocycles. The molecule has 4 heteroatoms. The van der Waals surface area contributed by atoms with Crippen molar-refractivity contribution in [3.63, 3.8) is 0 Å². The van der Waals surface area contributed by atoms with Gasteiger partial charge in [0.2, 0.25) is 0 Å². The van der Waals surface area contributed by atoms with Gasteiger partial charge in [0, 0.05) is 25.2 Å². The first kappa shape index (κ1) is 8.90. The molecule has 3 nitrogen and oxygen atoms in total. The Hall–Kier alpha value is -0.190. The average molecular weight is 163 g/mol. The van der Waals surface area contributed by atoms with E-state index in [1.807, 2.05) is 0 Å². The number of rotatable bonds is 2. The van der Waals surface area contributed by atoms with Gasteiger partial charge in [0.25, 0.3) is 0 Å². The van der Waals surface area contributed by atoms with Crippen LogP contribution in [0.2, 0.25) is 0 Å². The van der Waals surface area contributed by atoms with Gasteiger partial charge in [-0.25, -0.2) is 4.39 Å². The van der Waals surface area contributed by atoms with Gasteiger partial charge in [0.1, 0.15) is 6.17 Å². The Kier molecular flexibility index (Phi) is 2.81. The number of hydrogen-bond acceptors (Lipinski definition) is 3. The molecule has 0 aromatic rings. The van der Waals surface area contributed by atoms with E-state index < -0.39 is 18.1 Å². The number of alkyl halides is 1. The zero-order valence-electron chi connectivity index (χ0n) is 6.28. The van der Waals surface area contributed by atoms with E-state index >= 15 is 0 Å². The van der Waals surface area contributed by atoms with Gasteiger partial charge in [-0.05, 0) is 12.3 Å². The van der Waals surface area contributed by atoms with Crippen molar-refractivity contribution in [3.8, 4) is 0 Å². The van der Waals surface area contributed by atoms with E-state index in [1.165, 1.54) is 0 Å². The Labute approximate surface area is 65.0 Å². The van der Waals surface area contributed by atoms with Gasteiger partial charge >= 0.3 is 0 Å². The summed E-state index contributed by atoms with van der Waals surface area (Å²) in [5.41, 5.74) is 5.41. The van der Waals surface area contributed by atoms with E-state index in [0.29, 0.717) is 6.42 Å². The highest BCUT2D eigenvalue weighted by Crippen LogP contribution is 2.32. The summed E-state index contributed by atoms with van der Waals surface area (Å²) < 4.78 is 13.0. The van der Waals surface area contributed by atoms with Crippen LogP contribution in [0.25, 0.3) is 0 Å². The first-order valence-corrected chi connectivity index (χ1v) is 3.82. The lowest BCUT2D eigenvalue weighted by molar-refractivity contribution is 0.0995. The van der Waals surface area contributed by atoms with E-state index in [-0.39, 0.29) is 19.1 Å². The minimum absolute atomic E-state index is 0.0840. The molecule has 0 spiro atoms. The third kappa shape index (κ3) is 1.52. The predicted molar refractivity (Wildman–Crippen MR) is 38.6 cm³/mol. The molecular weight excluding hydrogens is 149 g/mol. The van der Waals surface area contributed by atoms with Crippen molar-refractivity contribution >= 4 is 0 Å². The highest BCUT2D eigenvalue weighted by atomic mass is 19.1. The number of halogens is 1. The molecule has 0 amide bonds. The van der Waals surface area contributed by atoms with Crippen LogP contribution in [0.3, 0.4) is 0 Å². The summed E-state index contributed by atoms with van der Waals surface area (Å²) in [6.45, 7) is -0.306. The third-order valence-corrected chi connectivity index (χ3v) is 2.44. The van der Waals surface area contributed by atoms with E-state index in [4.69, 9.17) is 15.9 Å². The van der Waals surface area contributed by atoms with Crippen molar-refractivity contribution in [2.24, 2.45) is 17.6 Å². The molecule has 0 bridgehead atoms. The highest BCUT2D eigenvalue weighted by Gasteiger charge is 2.40. The molecule has 0 aromatic carbocycles. The van der Waals surface area contributed by atoms with Crippen LogP contribution in [0, 0.1) is 11.8 Å². The fourth-order valence-electron chi connectivity index (χ4n) is 1.69. The van der Waals surface area contributed by atoms with Crippen molar-refractivity contribution in [2.45, 2.75) is 18.6 Å². The second-order valence-corrected chi connectivity index (χ2v) is 3.13. The molecule has 0 saturated heterocycles. The zero-order valence-corrected chi connectivity index (χ0v) is 6.28. The number of aliphatic hydroxyl groups is 2. The summed E-state index contributed by atoms with van der Waals surface area (Å²) in [5.74, 6) is -0.625. The molecule has 11 heavy (non-hydrogen) atoms. The minimum atomic E-state index is -1.16. The fourth-order valence-corrected chi connectivity index (χ4v) is 1.69. The normalized spacial score (nSPS) is 44.7. The first-order valence-electron chi connectivity index (χ1n) is 3.82. The Morgan fingerprint density at radius 3 is 2.36 bits per heavy atom. The van der Waals surface area contributed by atoms with Crippen molar-refractivity contribution in [1.29, 1.82) is 0 Å². The molecule has 66 valence electrons. The number of hydrogen-bond donors (Lipinski definition) is 3. The van der Waals surface area contributed by atoms with Crippen LogP contribution in [0.15, 0.2) is 0 Å². The van der Waals surface area contributed by atoms with Crippen LogP contribution in [0.1, 0.15) is 6.42 Å². The summed E-state index contributed by atoms with van der Waals surface area (Å²) in [5, 5.41) is 17.5. The molecule has 1 aliphatic rings. The Bertz CT molecular complexity index is 134. The van der Waals surface area contributed by atoms with E-state index in [2.05, 4.69) is 0 Å². The molecule has 0 aromatic heterocycles. The predicted octanol–water partition coefficient (Wildman–Crippen LogP) is -0.728. The second-order valence-electron chi connectivity index (χ2n) is 3.13. The van der Waals surface area contributed by atoms with Crippen LogP contribution in [0.5, 0.6) is 0 Å². The molecule has 1 saturated carbocycles. The molecular formula is C7H14FNO2. The zero-order chi connectivity index (χ0) is 8.43. The largest absolute Gasteiger partial charge is 0.396 e. The Balaban J connectivity index is 2.57. The van der Waals surface area contributed by atoms with Gasteiger partial charge in [-0.3, -0.25) is 0 Å². The molecule has 1 aliphatic carbocycles. The second kappa shape index (κ2) is 3.47. The summed E-state index contributed by atoms with van der Waals surface area (Å²) in [6.07, 6.45) is -0.680. The third-order valence-electron chi connectivity index (χ3n) is 2.44. The maximum atomic E-state index is 13.0. The van der Waals surface area contributed by atoms with Gasteiger partial charge in [-0.1, -0.05) is 0 Å². The summed E-state index contributed by atoms with van der Waals surface area (Å²) in [4.78, 5) is 0. The maximum Gasteiger partial charge on any atom is 0.120 e. The summed E-state index contributed by atoms with van der Waals surface area (Å²) in [7, 11) is 0. The smallest absolute Gasteiger partial charge is 0.120 e. The molecule has 0 heterocycles. The standard InChI is InChI=1S/C7H14FNO2/c8-7-5(3-11)4(2-10)1-6(7)9/h4-7,10-11H,1-3,9H2/t4-,5-,6-,7-/m1/s1. The maximum absolute atomic E-state index is 13.0. The van der Waals surface area contributed by atoms with Crippen molar-refractivity contribution in [3.05, 3.63) is 0 Å².